The number of aryl methyl sites for hydroxylation is 3. The summed E-state index contributed by atoms with van der Waals surface area (Å²) in [6, 6.07) is 85.6. The van der Waals surface area contributed by atoms with Gasteiger partial charge in [-0.15, -0.1) is 22.7 Å². The van der Waals surface area contributed by atoms with Crippen molar-refractivity contribution in [1.82, 2.24) is 0 Å². The number of benzene rings is 12. The highest BCUT2D eigenvalue weighted by atomic mass is 32.1. The summed E-state index contributed by atoms with van der Waals surface area (Å²) < 4.78 is 2.68. The Hall–Kier alpha value is -10.1. The van der Waals surface area contributed by atoms with Crippen LogP contribution in [0.15, 0.2) is 206 Å². The third-order valence-electron chi connectivity index (χ3n) is 35.2. The Morgan fingerprint density at radius 3 is 1.09 bits per heavy atom. The molecule has 8 heteroatoms. The fourth-order valence-corrected chi connectivity index (χ4v) is 28.3. The molecule has 6 heterocycles. The van der Waals surface area contributed by atoms with Gasteiger partial charge in [0.15, 0.2) is 0 Å². The van der Waals surface area contributed by atoms with E-state index in [0.29, 0.717) is 0 Å². The number of hydrogen-bond acceptors (Lipinski definition) is 6. The van der Waals surface area contributed by atoms with Gasteiger partial charge in [0.2, 0.25) is 0 Å². The third kappa shape index (κ3) is 15.3. The predicted octanol–water partition coefficient (Wildman–Crippen LogP) is 34.1. The first-order valence-electron chi connectivity index (χ1n) is 52.5. The first kappa shape index (κ1) is 95.1. The van der Waals surface area contributed by atoms with Crippen molar-refractivity contribution in [3.63, 3.8) is 0 Å². The monoisotopic (exact) mass is 1870 g/mol. The van der Waals surface area contributed by atoms with E-state index in [2.05, 4.69) is 461 Å². The molecule has 0 amide bonds. The number of nitrogens with zero attached hydrogens (tertiary/aromatic N) is 4. The Morgan fingerprint density at radius 2 is 0.626 bits per heavy atom. The Balaban J connectivity index is 0.698. The molecule has 0 fully saturated rings. The Bertz CT molecular complexity index is 7430. The first-order valence-corrected chi connectivity index (χ1v) is 54.1. The standard InChI is InChI=1S/C131H152B2N4S2/c1-77-67-102-112-104(69-77)136(115-99(54-52-96-108(115)130(31,32)65-63-127(96,25)26)132(112)110-93-74-86(122(13,14)15)45-57-106(93)138-117(110)134(102)89-47-40-82(41-48-89)119(4,5)6)101-56-44-85(121(10,11)12)73-91(101)80-35-38-84(39-36-80)124(19,20)59-60-125(21,22)87-46-58-107-94(75-87)111-118(139-107)135(90-49-42-83(43-50-90)120(7,8)9)103-68-78(2)70-105-113(103)133(111)100-55-53-97-109(131(33,34)66-64-128(97,27)28)116(100)137(105)114-79(3)71-88(123(16,17)18)76-92(114)81-37-51-95-98(72-81)129(29,30)62-61-126(95,23)24/h35-58,67-76H,59-66H2,1-34H3. The molecule has 12 aromatic carbocycles. The molecule has 0 radical (unpaired) electrons. The van der Waals surface area contributed by atoms with Gasteiger partial charge in [-0.1, -0.05) is 342 Å². The topological polar surface area (TPSA) is 13.0 Å². The van der Waals surface area contributed by atoms with Crippen molar-refractivity contribution < 1.29 is 0 Å². The summed E-state index contributed by atoms with van der Waals surface area (Å²) in [6.45, 7) is 83.1. The summed E-state index contributed by atoms with van der Waals surface area (Å²) in [4.78, 5) is 11.1. The number of rotatable bonds is 11. The van der Waals surface area contributed by atoms with Crippen molar-refractivity contribution in [2.24, 2.45) is 0 Å². The molecule has 139 heavy (non-hydrogen) atoms. The number of hydrogen-bond donors (Lipinski definition) is 0. The van der Waals surface area contributed by atoms with Crippen molar-refractivity contribution in [3.8, 4) is 22.3 Å². The zero-order valence-corrected chi connectivity index (χ0v) is 92.2. The van der Waals surface area contributed by atoms with Crippen LogP contribution in [0, 0.1) is 20.8 Å². The van der Waals surface area contributed by atoms with Crippen LogP contribution in [0.1, 0.15) is 355 Å². The molecule has 21 rings (SSSR count). The van der Waals surface area contributed by atoms with Gasteiger partial charge in [0.05, 0.1) is 21.4 Å². The molecule has 7 aliphatic rings. The van der Waals surface area contributed by atoms with Gasteiger partial charge in [-0.25, -0.2) is 0 Å². The Kier molecular flexibility index (Phi) is 21.5. The molecule has 0 atom stereocenters. The minimum atomic E-state index is -0.201. The third-order valence-corrected chi connectivity index (χ3v) is 37.5. The molecule has 0 saturated heterocycles. The van der Waals surface area contributed by atoms with Gasteiger partial charge in [-0.3, -0.25) is 0 Å². The maximum Gasteiger partial charge on any atom is 0.254 e. The smallest absolute Gasteiger partial charge is 0.254 e. The maximum absolute atomic E-state index is 2.88. The molecule has 714 valence electrons. The van der Waals surface area contributed by atoms with Crippen LogP contribution < -0.4 is 52.4 Å². The lowest BCUT2D eigenvalue weighted by Gasteiger charge is -2.49. The molecule has 0 bridgehead atoms. The zero-order valence-electron chi connectivity index (χ0n) is 90.5. The van der Waals surface area contributed by atoms with E-state index in [1.165, 1.54) is 238 Å². The van der Waals surface area contributed by atoms with Crippen LogP contribution in [0.5, 0.6) is 0 Å². The average Bonchev–Trinajstić information content (AvgIpc) is 1.67. The van der Waals surface area contributed by atoms with Crippen LogP contribution in [0.3, 0.4) is 0 Å². The molecule has 0 unspecified atom stereocenters. The zero-order chi connectivity index (χ0) is 99.3. The fourth-order valence-electron chi connectivity index (χ4n) is 25.8. The van der Waals surface area contributed by atoms with Crippen LogP contribution in [-0.2, 0) is 70.4 Å². The average molecular weight is 1870 g/mol. The number of thiophene rings is 2. The normalized spacial score (nSPS) is 17.6. The highest BCUT2D eigenvalue weighted by molar-refractivity contribution is 7.27. The molecule has 0 saturated carbocycles. The van der Waals surface area contributed by atoms with Crippen molar-refractivity contribution in [2.75, 3.05) is 19.6 Å². The van der Waals surface area contributed by atoms with E-state index in [9.17, 15) is 0 Å². The van der Waals surface area contributed by atoms with E-state index in [4.69, 9.17) is 0 Å². The second-order valence-corrected chi connectivity index (χ2v) is 56.3. The minimum Gasteiger partial charge on any atom is -0.310 e. The van der Waals surface area contributed by atoms with Crippen LogP contribution in [0.2, 0.25) is 0 Å². The lowest BCUT2D eigenvalue weighted by Crippen LogP contribution is -2.62. The van der Waals surface area contributed by atoms with Gasteiger partial charge in [-0.2, -0.15) is 0 Å². The van der Waals surface area contributed by atoms with Crippen molar-refractivity contribution in [2.45, 2.75) is 357 Å². The number of fused-ring (bicyclic) bond motifs is 17. The Labute approximate surface area is 843 Å². The molecule has 0 spiro atoms. The Morgan fingerprint density at radius 1 is 0.273 bits per heavy atom. The fraction of sp³-hybridized carbons (Fsp3) is 0.420. The van der Waals surface area contributed by atoms with E-state index in [1.807, 2.05) is 22.7 Å². The van der Waals surface area contributed by atoms with Crippen molar-refractivity contribution in [1.29, 1.82) is 0 Å². The lowest BCUT2D eigenvalue weighted by atomic mass is 9.33. The van der Waals surface area contributed by atoms with Gasteiger partial charge < -0.3 is 19.6 Å². The van der Waals surface area contributed by atoms with E-state index < -0.39 is 0 Å². The summed E-state index contributed by atoms with van der Waals surface area (Å²) in [7, 11) is 0. The van der Waals surface area contributed by atoms with Crippen molar-refractivity contribution >= 4 is 156 Å². The highest BCUT2D eigenvalue weighted by Crippen LogP contribution is 2.62. The van der Waals surface area contributed by atoms with Gasteiger partial charge in [-0.05, 0) is 365 Å². The van der Waals surface area contributed by atoms with Gasteiger partial charge in [0, 0.05) is 66.0 Å². The summed E-state index contributed by atoms with van der Waals surface area (Å²) in [5.74, 6) is 0. The van der Waals surface area contributed by atoms with E-state index >= 15 is 0 Å². The molecule has 4 aliphatic heterocycles. The molecule has 14 aromatic rings. The molecule has 2 aromatic heterocycles. The van der Waals surface area contributed by atoms with Crippen molar-refractivity contribution in [3.05, 3.63) is 295 Å². The molecule has 0 N–H and O–H groups in total. The lowest BCUT2D eigenvalue weighted by molar-refractivity contribution is 0.332. The second-order valence-electron chi connectivity index (χ2n) is 54.2. The van der Waals surface area contributed by atoms with Gasteiger partial charge in [0.1, 0.15) is 0 Å². The predicted molar refractivity (Wildman–Crippen MR) is 611 cm³/mol. The quantitative estimate of drug-likeness (QED) is 0.120. The van der Waals surface area contributed by atoms with E-state index in [0.717, 1.165) is 44.9 Å². The van der Waals surface area contributed by atoms with Crippen LogP contribution >= 0.6 is 22.7 Å². The van der Waals surface area contributed by atoms with E-state index in [-0.39, 0.29) is 83.8 Å². The van der Waals surface area contributed by atoms with E-state index in [1.54, 1.807) is 0 Å². The molecular formula is C131H152B2N4S2. The van der Waals surface area contributed by atoms with Gasteiger partial charge in [0.25, 0.3) is 13.4 Å². The summed E-state index contributed by atoms with van der Waals surface area (Å²) in [5, 5.41) is 5.41. The second kappa shape index (κ2) is 31.4. The highest BCUT2D eigenvalue weighted by Gasteiger charge is 2.54. The van der Waals surface area contributed by atoms with Crippen LogP contribution in [0.25, 0.3) is 42.4 Å². The summed E-state index contributed by atoms with van der Waals surface area (Å²) in [6.07, 6.45) is 8.81. The first-order chi connectivity index (χ1) is 64.7. The largest absolute Gasteiger partial charge is 0.310 e. The minimum absolute atomic E-state index is 0.00855. The van der Waals surface area contributed by atoms with Gasteiger partial charge >= 0.3 is 0 Å². The molecule has 3 aliphatic carbocycles. The number of anilines is 12. The van der Waals surface area contributed by atoms with Crippen LogP contribution in [-0.4, -0.2) is 13.4 Å². The summed E-state index contributed by atoms with van der Waals surface area (Å²) >= 11 is 3.98. The van der Waals surface area contributed by atoms with Crippen LogP contribution in [0.4, 0.5) is 66.9 Å². The summed E-state index contributed by atoms with van der Waals surface area (Å²) in [5.41, 5.74) is 47.9. The molecule has 4 nitrogen and oxygen atoms in total. The SMILES string of the molecule is Cc1cc2c3c(c1)N(c1ccc(C(C)(C)C)cc1-c1ccc(C(C)(C)CCC(C)(C)c4ccc5sc6c(c5c4)B4c5ccc7c(c5N(c5c(C)cc(C(C)(C)C)cc5-c5ccc8c(c5)C(C)(C)CCC8(C)C)c5cc(C)cc(c54)N6c4ccc(C(C)(C)C)cc4)C(C)(C)CCC7(C)C)cc1)c1c(ccc4c1C(C)(C)CCC4(C)C)B3c1c(sc3ccc(C(C)(C)C)cc13)N2c1ccc(C(C)(C)C)cc1. The molecular weight excluding hydrogens is 1720 g/mol. The maximum atomic E-state index is 2.88.